The van der Waals surface area contributed by atoms with E-state index in [2.05, 4.69) is 0 Å². The summed E-state index contributed by atoms with van der Waals surface area (Å²) in [6, 6.07) is 9.34. The predicted molar refractivity (Wildman–Crippen MR) is 111 cm³/mol. The van der Waals surface area contributed by atoms with Gasteiger partial charge in [0.15, 0.2) is 0 Å². The first-order chi connectivity index (χ1) is 13.3. The van der Waals surface area contributed by atoms with Crippen LogP contribution in [0.3, 0.4) is 0 Å². The van der Waals surface area contributed by atoms with Crippen LogP contribution in [-0.4, -0.2) is 53.5 Å². The molecule has 6 nitrogen and oxygen atoms in total. The molecule has 2 rings (SSSR count). The van der Waals surface area contributed by atoms with Gasteiger partial charge < -0.3 is 20.3 Å². The molecule has 1 heterocycles. The Balaban J connectivity index is 1.84. The molecular weight excluding hydrogens is 354 g/mol. The van der Waals surface area contributed by atoms with E-state index < -0.39 is 6.04 Å². The predicted octanol–water partition coefficient (Wildman–Crippen LogP) is 3.26. The first-order valence-electron chi connectivity index (χ1n) is 10.3. The number of hydrogen-bond acceptors (Lipinski definition) is 4. The highest BCUT2D eigenvalue weighted by molar-refractivity contribution is 5.82. The molecule has 0 saturated carbocycles. The van der Waals surface area contributed by atoms with Crippen molar-refractivity contribution in [3.05, 3.63) is 35.9 Å². The lowest BCUT2D eigenvalue weighted by Crippen LogP contribution is -2.50. The Morgan fingerprint density at radius 1 is 1.14 bits per heavy atom. The second kappa shape index (κ2) is 10.5. The number of rotatable bonds is 7. The second-order valence-corrected chi connectivity index (χ2v) is 8.32. The van der Waals surface area contributed by atoms with Crippen molar-refractivity contribution in [1.29, 1.82) is 0 Å². The van der Waals surface area contributed by atoms with Gasteiger partial charge in [-0.25, -0.2) is 4.79 Å². The molecule has 0 spiro atoms. The van der Waals surface area contributed by atoms with Gasteiger partial charge in [0.05, 0.1) is 6.04 Å². The number of amides is 2. The largest absolute Gasteiger partial charge is 0.445 e. The molecule has 28 heavy (non-hydrogen) atoms. The number of ether oxygens (including phenoxy) is 1. The number of carbonyl (C=O) groups is 2. The summed E-state index contributed by atoms with van der Waals surface area (Å²) in [7, 11) is 0. The molecule has 0 aliphatic carbocycles. The van der Waals surface area contributed by atoms with Gasteiger partial charge in [-0.1, -0.05) is 44.2 Å². The third kappa shape index (κ3) is 6.23. The minimum absolute atomic E-state index is 0.0384. The van der Waals surface area contributed by atoms with E-state index in [9.17, 15) is 9.59 Å². The van der Waals surface area contributed by atoms with Crippen LogP contribution >= 0.6 is 0 Å². The molecule has 1 aromatic carbocycles. The Hall–Kier alpha value is -2.08. The van der Waals surface area contributed by atoms with Crippen LogP contribution in [0, 0.1) is 11.8 Å². The quantitative estimate of drug-likeness (QED) is 0.777. The lowest BCUT2D eigenvalue weighted by Gasteiger charge is -2.37. The van der Waals surface area contributed by atoms with Crippen molar-refractivity contribution < 1.29 is 14.3 Å². The van der Waals surface area contributed by atoms with Crippen LogP contribution in [0.15, 0.2) is 30.3 Å². The summed E-state index contributed by atoms with van der Waals surface area (Å²) < 4.78 is 5.52. The maximum Gasteiger partial charge on any atom is 0.410 e. The van der Waals surface area contributed by atoms with Gasteiger partial charge in [0.25, 0.3) is 0 Å². The van der Waals surface area contributed by atoms with E-state index in [1.165, 1.54) is 0 Å². The Kier molecular flexibility index (Phi) is 8.30. The molecule has 6 heteroatoms. The SMILES string of the molecule is CC(C)[C@H](N)C(=O)N1CCC(CN(C(=O)OCc2ccccc2)C(C)C)CC1. The molecule has 0 unspecified atom stereocenters. The Bertz CT molecular complexity index is 625. The molecule has 1 aromatic rings. The third-order valence-corrected chi connectivity index (χ3v) is 5.45. The number of carbonyl (C=O) groups excluding carboxylic acids is 2. The lowest BCUT2D eigenvalue weighted by molar-refractivity contribution is -0.135. The van der Waals surface area contributed by atoms with Crippen molar-refractivity contribution in [2.24, 2.45) is 17.6 Å². The van der Waals surface area contributed by atoms with E-state index in [4.69, 9.17) is 10.5 Å². The summed E-state index contributed by atoms with van der Waals surface area (Å²) in [6.45, 7) is 10.3. The molecule has 0 radical (unpaired) electrons. The first-order valence-corrected chi connectivity index (χ1v) is 10.3. The van der Waals surface area contributed by atoms with Crippen LogP contribution in [0.5, 0.6) is 0 Å². The van der Waals surface area contributed by atoms with Crippen molar-refractivity contribution in [2.75, 3.05) is 19.6 Å². The van der Waals surface area contributed by atoms with E-state index in [1.54, 1.807) is 4.90 Å². The van der Waals surface area contributed by atoms with Crippen molar-refractivity contribution in [3.63, 3.8) is 0 Å². The Morgan fingerprint density at radius 2 is 1.75 bits per heavy atom. The van der Waals surface area contributed by atoms with Crippen LogP contribution in [0.2, 0.25) is 0 Å². The van der Waals surface area contributed by atoms with E-state index in [-0.39, 0.29) is 30.6 Å². The molecule has 2 N–H and O–H groups in total. The van der Waals surface area contributed by atoms with Crippen LogP contribution < -0.4 is 5.73 Å². The maximum absolute atomic E-state index is 12.6. The first kappa shape index (κ1) is 22.2. The van der Waals surface area contributed by atoms with Gasteiger partial charge in [-0.3, -0.25) is 4.79 Å². The van der Waals surface area contributed by atoms with E-state index in [0.29, 0.717) is 25.6 Å². The highest BCUT2D eigenvalue weighted by atomic mass is 16.6. The number of nitrogens with zero attached hydrogens (tertiary/aromatic N) is 2. The lowest BCUT2D eigenvalue weighted by atomic mass is 9.94. The highest BCUT2D eigenvalue weighted by Crippen LogP contribution is 2.21. The molecule has 1 fully saturated rings. The number of nitrogens with two attached hydrogens (primary N) is 1. The minimum atomic E-state index is -0.434. The standard InChI is InChI=1S/C22H35N3O3/c1-16(2)20(23)21(26)24-12-10-18(11-13-24)14-25(17(3)4)22(27)28-15-19-8-6-5-7-9-19/h5-9,16-18,20H,10-15,23H2,1-4H3/t20-/m0/s1. The molecule has 1 saturated heterocycles. The summed E-state index contributed by atoms with van der Waals surface area (Å²) in [4.78, 5) is 28.7. The van der Waals surface area contributed by atoms with Gasteiger partial charge in [0, 0.05) is 25.7 Å². The van der Waals surface area contributed by atoms with E-state index >= 15 is 0 Å². The third-order valence-electron chi connectivity index (χ3n) is 5.45. The van der Waals surface area contributed by atoms with Gasteiger partial charge in [-0.2, -0.15) is 0 Å². The van der Waals surface area contributed by atoms with Gasteiger partial charge in [-0.15, -0.1) is 0 Å². The fourth-order valence-electron chi connectivity index (χ4n) is 3.41. The zero-order valence-electron chi connectivity index (χ0n) is 17.6. The second-order valence-electron chi connectivity index (χ2n) is 8.32. The minimum Gasteiger partial charge on any atom is -0.445 e. The zero-order chi connectivity index (χ0) is 20.7. The Labute approximate surface area is 169 Å². The van der Waals surface area contributed by atoms with Crippen molar-refractivity contribution in [1.82, 2.24) is 9.80 Å². The summed E-state index contributed by atoms with van der Waals surface area (Å²) in [5.41, 5.74) is 6.99. The highest BCUT2D eigenvalue weighted by Gasteiger charge is 2.30. The summed E-state index contributed by atoms with van der Waals surface area (Å²) >= 11 is 0. The fourth-order valence-corrected chi connectivity index (χ4v) is 3.41. The normalized spacial score (nSPS) is 16.3. The van der Waals surface area contributed by atoms with Crippen molar-refractivity contribution in [3.8, 4) is 0 Å². The number of hydrogen-bond donors (Lipinski definition) is 1. The zero-order valence-corrected chi connectivity index (χ0v) is 17.6. The van der Waals surface area contributed by atoms with Gasteiger partial charge in [0.1, 0.15) is 6.61 Å². The summed E-state index contributed by atoms with van der Waals surface area (Å²) in [5, 5.41) is 0. The molecular formula is C22H35N3O3. The molecule has 0 aromatic heterocycles. The molecule has 156 valence electrons. The molecule has 0 bridgehead atoms. The molecule has 1 aliphatic rings. The van der Waals surface area contributed by atoms with Gasteiger partial charge in [0.2, 0.25) is 5.91 Å². The molecule has 1 atom stereocenters. The topological polar surface area (TPSA) is 75.9 Å². The van der Waals surface area contributed by atoms with Crippen LogP contribution in [0.4, 0.5) is 4.79 Å². The smallest absolute Gasteiger partial charge is 0.410 e. The van der Waals surface area contributed by atoms with Gasteiger partial charge >= 0.3 is 6.09 Å². The van der Waals surface area contributed by atoms with Crippen LogP contribution in [-0.2, 0) is 16.1 Å². The number of benzene rings is 1. The average molecular weight is 390 g/mol. The summed E-state index contributed by atoms with van der Waals surface area (Å²) in [5.74, 6) is 0.545. The van der Waals surface area contributed by atoms with E-state index in [1.807, 2.05) is 62.9 Å². The monoisotopic (exact) mass is 389 g/mol. The van der Waals surface area contributed by atoms with E-state index in [0.717, 1.165) is 18.4 Å². The van der Waals surface area contributed by atoms with Crippen LogP contribution in [0.25, 0.3) is 0 Å². The van der Waals surface area contributed by atoms with Crippen molar-refractivity contribution >= 4 is 12.0 Å². The fraction of sp³-hybridized carbons (Fsp3) is 0.636. The average Bonchev–Trinajstić information content (AvgIpc) is 2.70. The molecule has 1 aliphatic heterocycles. The number of likely N-dealkylation sites (tertiary alicyclic amines) is 1. The summed E-state index contributed by atoms with van der Waals surface area (Å²) in [6.07, 6.45) is 1.48. The Morgan fingerprint density at radius 3 is 2.29 bits per heavy atom. The van der Waals surface area contributed by atoms with Gasteiger partial charge in [-0.05, 0) is 44.1 Å². The molecule has 2 amide bonds. The van der Waals surface area contributed by atoms with Crippen molar-refractivity contribution in [2.45, 2.75) is 59.2 Å². The number of piperidine rings is 1. The van der Waals surface area contributed by atoms with Crippen LogP contribution in [0.1, 0.15) is 46.1 Å². The maximum atomic E-state index is 12.6.